The van der Waals surface area contributed by atoms with Crippen molar-refractivity contribution in [1.29, 1.82) is 0 Å². The third-order valence-corrected chi connectivity index (χ3v) is 4.29. The number of rotatable bonds is 7. The molecule has 1 fully saturated rings. The van der Waals surface area contributed by atoms with Crippen molar-refractivity contribution in [3.8, 4) is 11.5 Å². The van der Waals surface area contributed by atoms with E-state index >= 15 is 0 Å². The summed E-state index contributed by atoms with van der Waals surface area (Å²) in [6.07, 6.45) is 2.74. The Morgan fingerprint density at radius 1 is 1.28 bits per heavy atom. The first kappa shape index (κ1) is 19.1. The summed E-state index contributed by atoms with van der Waals surface area (Å²) in [4.78, 5) is 25.9. The zero-order valence-corrected chi connectivity index (χ0v) is 15.1. The second-order valence-corrected chi connectivity index (χ2v) is 6.04. The summed E-state index contributed by atoms with van der Waals surface area (Å²) in [5.41, 5.74) is 1.00. The third-order valence-electron chi connectivity index (χ3n) is 4.29. The van der Waals surface area contributed by atoms with E-state index in [0.717, 1.165) is 42.9 Å². The number of hydrogen-bond acceptors (Lipinski definition) is 5. The molecule has 1 saturated heterocycles. The minimum atomic E-state index is -0.443. The molecule has 0 spiro atoms. The molecule has 1 aliphatic rings. The van der Waals surface area contributed by atoms with E-state index in [1.54, 1.807) is 14.2 Å². The van der Waals surface area contributed by atoms with Crippen molar-refractivity contribution in [2.45, 2.75) is 32.2 Å². The predicted octanol–water partition coefficient (Wildman–Crippen LogP) is 2.08. The van der Waals surface area contributed by atoms with Gasteiger partial charge >= 0.3 is 6.03 Å². The van der Waals surface area contributed by atoms with Crippen LogP contribution < -0.4 is 20.1 Å². The van der Waals surface area contributed by atoms with Crippen LogP contribution in [-0.4, -0.2) is 50.7 Å². The van der Waals surface area contributed by atoms with Gasteiger partial charge in [0.2, 0.25) is 5.91 Å². The highest BCUT2D eigenvalue weighted by Crippen LogP contribution is 2.38. The van der Waals surface area contributed by atoms with Crippen LogP contribution in [0.3, 0.4) is 0 Å². The molecule has 1 aliphatic heterocycles. The molecule has 3 amide bonds. The van der Waals surface area contributed by atoms with Crippen LogP contribution in [0.2, 0.25) is 0 Å². The molecule has 25 heavy (non-hydrogen) atoms. The Kier molecular flexibility index (Phi) is 7.06. The van der Waals surface area contributed by atoms with E-state index in [1.165, 1.54) is 0 Å². The normalized spacial score (nSPS) is 17.2. The minimum absolute atomic E-state index is 0.0644. The highest BCUT2D eigenvalue weighted by atomic mass is 16.5. The quantitative estimate of drug-likeness (QED) is 0.788. The first-order chi connectivity index (χ1) is 12.1. The molecule has 1 aromatic rings. The van der Waals surface area contributed by atoms with E-state index in [-0.39, 0.29) is 18.5 Å². The van der Waals surface area contributed by atoms with Crippen molar-refractivity contribution in [1.82, 2.24) is 15.5 Å². The van der Waals surface area contributed by atoms with Gasteiger partial charge in [-0.2, -0.15) is 0 Å². The number of amides is 3. The fraction of sp³-hybridized carbons (Fsp3) is 0.556. The lowest BCUT2D eigenvalue weighted by Gasteiger charge is -2.25. The predicted molar refractivity (Wildman–Crippen MR) is 94.9 cm³/mol. The number of ether oxygens (including phenoxy) is 2. The average molecular weight is 349 g/mol. The number of carbonyl (C=O) groups is 2. The van der Waals surface area contributed by atoms with Crippen molar-refractivity contribution in [2.75, 3.05) is 33.9 Å². The van der Waals surface area contributed by atoms with Crippen LogP contribution in [0, 0.1) is 0 Å². The van der Waals surface area contributed by atoms with Crippen LogP contribution in [0.15, 0.2) is 18.2 Å². The summed E-state index contributed by atoms with van der Waals surface area (Å²) >= 11 is 0. The standard InChI is InChI=1S/C18H27N3O4/c1-4-9-19-18(23)20-17(22)12-21-10-5-6-15(21)14-11-13(24-2)7-8-16(14)25-3/h7-8,11,15H,4-6,9-10,12H2,1-3H3,(H2,19,20,22,23)/t15-/m0/s1. The second-order valence-electron chi connectivity index (χ2n) is 6.04. The van der Waals surface area contributed by atoms with Gasteiger partial charge < -0.3 is 14.8 Å². The minimum Gasteiger partial charge on any atom is -0.497 e. The molecule has 7 nitrogen and oxygen atoms in total. The number of nitrogens with one attached hydrogen (secondary N) is 2. The Morgan fingerprint density at radius 3 is 2.76 bits per heavy atom. The van der Waals surface area contributed by atoms with E-state index in [4.69, 9.17) is 9.47 Å². The van der Waals surface area contributed by atoms with Crippen molar-refractivity contribution in [2.24, 2.45) is 0 Å². The maximum absolute atomic E-state index is 12.2. The fourth-order valence-corrected chi connectivity index (χ4v) is 3.10. The first-order valence-electron chi connectivity index (χ1n) is 8.62. The number of imide groups is 1. The zero-order valence-electron chi connectivity index (χ0n) is 15.1. The van der Waals surface area contributed by atoms with Crippen molar-refractivity contribution < 1.29 is 19.1 Å². The summed E-state index contributed by atoms with van der Waals surface area (Å²) in [6.45, 7) is 3.48. The molecule has 2 rings (SSSR count). The van der Waals surface area contributed by atoms with Crippen LogP contribution in [0.5, 0.6) is 11.5 Å². The maximum Gasteiger partial charge on any atom is 0.321 e. The maximum atomic E-state index is 12.2. The molecular weight excluding hydrogens is 322 g/mol. The van der Waals surface area contributed by atoms with Crippen LogP contribution in [0.25, 0.3) is 0 Å². The molecule has 1 aromatic carbocycles. The number of carbonyl (C=O) groups excluding carboxylic acids is 2. The molecule has 0 saturated carbocycles. The lowest BCUT2D eigenvalue weighted by atomic mass is 10.0. The van der Waals surface area contributed by atoms with Gasteiger partial charge in [-0.05, 0) is 44.0 Å². The van der Waals surface area contributed by atoms with Gasteiger partial charge in [0.05, 0.1) is 20.8 Å². The number of benzene rings is 1. The van der Waals surface area contributed by atoms with E-state index in [9.17, 15) is 9.59 Å². The molecule has 0 bridgehead atoms. The zero-order chi connectivity index (χ0) is 18.2. The Balaban J connectivity index is 2.05. The van der Waals surface area contributed by atoms with Crippen LogP contribution >= 0.6 is 0 Å². The van der Waals surface area contributed by atoms with Gasteiger partial charge in [-0.25, -0.2) is 4.79 Å². The van der Waals surface area contributed by atoms with Gasteiger partial charge in [0.1, 0.15) is 11.5 Å². The molecular formula is C18H27N3O4. The number of likely N-dealkylation sites (tertiary alicyclic amines) is 1. The number of urea groups is 1. The van der Waals surface area contributed by atoms with Gasteiger partial charge in [-0.15, -0.1) is 0 Å². The topological polar surface area (TPSA) is 79.9 Å². The lowest BCUT2D eigenvalue weighted by molar-refractivity contribution is -0.121. The summed E-state index contributed by atoms with van der Waals surface area (Å²) in [5.74, 6) is 1.23. The van der Waals surface area contributed by atoms with Gasteiger partial charge in [0.15, 0.2) is 0 Å². The summed E-state index contributed by atoms with van der Waals surface area (Å²) < 4.78 is 10.8. The molecule has 0 aliphatic carbocycles. The molecule has 7 heteroatoms. The summed E-state index contributed by atoms with van der Waals surface area (Å²) in [6, 6.07) is 5.30. The Bertz CT molecular complexity index is 606. The molecule has 1 atom stereocenters. The van der Waals surface area contributed by atoms with Gasteiger partial charge in [-0.3, -0.25) is 15.0 Å². The molecule has 138 valence electrons. The van der Waals surface area contributed by atoms with E-state index in [0.29, 0.717) is 6.54 Å². The van der Waals surface area contributed by atoms with Crippen molar-refractivity contribution in [3.05, 3.63) is 23.8 Å². The molecule has 0 aromatic heterocycles. The number of hydrogen-bond donors (Lipinski definition) is 2. The monoisotopic (exact) mass is 349 g/mol. The highest BCUT2D eigenvalue weighted by Gasteiger charge is 2.30. The van der Waals surface area contributed by atoms with Crippen LogP contribution in [0.4, 0.5) is 4.79 Å². The van der Waals surface area contributed by atoms with Crippen molar-refractivity contribution >= 4 is 11.9 Å². The molecule has 0 unspecified atom stereocenters. The molecule has 1 heterocycles. The largest absolute Gasteiger partial charge is 0.497 e. The third kappa shape index (κ3) is 5.09. The Morgan fingerprint density at radius 2 is 2.08 bits per heavy atom. The van der Waals surface area contributed by atoms with Gasteiger partial charge in [-0.1, -0.05) is 6.92 Å². The lowest BCUT2D eigenvalue weighted by Crippen LogP contribution is -2.44. The van der Waals surface area contributed by atoms with Crippen molar-refractivity contribution in [3.63, 3.8) is 0 Å². The number of methoxy groups -OCH3 is 2. The molecule has 0 radical (unpaired) electrons. The van der Waals surface area contributed by atoms with Crippen LogP contribution in [-0.2, 0) is 4.79 Å². The second kappa shape index (κ2) is 9.27. The van der Waals surface area contributed by atoms with E-state index in [1.807, 2.05) is 25.1 Å². The fourth-order valence-electron chi connectivity index (χ4n) is 3.10. The van der Waals surface area contributed by atoms with E-state index in [2.05, 4.69) is 15.5 Å². The average Bonchev–Trinajstić information content (AvgIpc) is 3.06. The van der Waals surface area contributed by atoms with Gasteiger partial charge in [0.25, 0.3) is 0 Å². The summed E-state index contributed by atoms with van der Waals surface area (Å²) in [5, 5.41) is 5.02. The first-order valence-corrected chi connectivity index (χ1v) is 8.62. The van der Waals surface area contributed by atoms with E-state index < -0.39 is 6.03 Å². The SMILES string of the molecule is CCCNC(=O)NC(=O)CN1CCC[C@H]1c1cc(OC)ccc1OC. The van der Waals surface area contributed by atoms with Gasteiger partial charge in [0, 0.05) is 18.2 Å². The Hall–Kier alpha value is -2.28. The smallest absolute Gasteiger partial charge is 0.321 e. The summed E-state index contributed by atoms with van der Waals surface area (Å²) in [7, 11) is 3.26. The Labute approximate surface area is 148 Å². The number of nitrogens with zero attached hydrogens (tertiary/aromatic N) is 1. The highest BCUT2D eigenvalue weighted by molar-refractivity contribution is 5.95. The van der Waals surface area contributed by atoms with Crippen LogP contribution in [0.1, 0.15) is 37.8 Å². The molecule has 2 N–H and O–H groups in total.